The van der Waals surface area contributed by atoms with E-state index in [0.29, 0.717) is 5.92 Å². The average molecular weight is 303 g/mol. The van der Waals surface area contributed by atoms with Crippen molar-refractivity contribution in [1.82, 2.24) is 9.88 Å². The number of nitrogens with zero attached hydrogens (tertiary/aromatic N) is 1. The number of aromatic amines is 1. The van der Waals surface area contributed by atoms with Crippen LogP contribution in [0, 0.1) is 5.92 Å². The molecule has 1 atom stereocenters. The van der Waals surface area contributed by atoms with Gasteiger partial charge >= 0.3 is 0 Å². The van der Waals surface area contributed by atoms with Crippen LogP contribution in [0.25, 0.3) is 0 Å². The van der Waals surface area contributed by atoms with Crippen molar-refractivity contribution in [2.75, 3.05) is 13.1 Å². The molecule has 2 heterocycles. The Balaban J connectivity index is 1.54. The van der Waals surface area contributed by atoms with Crippen molar-refractivity contribution in [2.24, 2.45) is 5.92 Å². The molecular weight excluding hydrogens is 284 g/mol. The number of hydrogen-bond acceptors (Lipinski definition) is 2. The molecule has 2 aromatic rings. The summed E-state index contributed by atoms with van der Waals surface area (Å²) in [5.41, 5.74) is 2.48. The van der Waals surface area contributed by atoms with Gasteiger partial charge in [0.15, 0.2) is 0 Å². The SMILES string of the molecule is O=c1ccc(CN2CCC(Cc3ccc(Cl)cc3)C2)c[nH]1. The second-order valence-electron chi connectivity index (χ2n) is 5.78. The molecule has 0 amide bonds. The maximum absolute atomic E-state index is 11.1. The number of pyridine rings is 1. The van der Waals surface area contributed by atoms with Crippen molar-refractivity contribution in [2.45, 2.75) is 19.4 Å². The largest absolute Gasteiger partial charge is 0.329 e. The molecule has 4 heteroatoms. The standard InChI is InChI=1S/C17H19ClN2O/c18-16-4-1-13(2-5-16)9-14-7-8-20(11-14)12-15-3-6-17(21)19-10-15/h1-6,10,14H,7-9,11-12H2,(H,19,21). The molecule has 1 unspecified atom stereocenters. The predicted octanol–water partition coefficient (Wildman–Crippen LogP) is 3.09. The Morgan fingerprint density at radius 3 is 2.62 bits per heavy atom. The lowest BCUT2D eigenvalue weighted by molar-refractivity contribution is 0.316. The van der Waals surface area contributed by atoms with Crippen LogP contribution in [0.2, 0.25) is 5.02 Å². The van der Waals surface area contributed by atoms with E-state index in [2.05, 4.69) is 22.0 Å². The molecule has 21 heavy (non-hydrogen) atoms. The molecule has 0 aliphatic carbocycles. The van der Waals surface area contributed by atoms with Crippen LogP contribution in [-0.4, -0.2) is 23.0 Å². The minimum atomic E-state index is -0.0409. The van der Waals surface area contributed by atoms with E-state index < -0.39 is 0 Å². The molecule has 1 fully saturated rings. The highest BCUT2D eigenvalue weighted by Gasteiger charge is 2.22. The number of likely N-dealkylation sites (tertiary alicyclic amines) is 1. The monoisotopic (exact) mass is 302 g/mol. The third kappa shape index (κ3) is 3.96. The van der Waals surface area contributed by atoms with Gasteiger partial charge in [0.2, 0.25) is 5.56 Å². The summed E-state index contributed by atoms with van der Waals surface area (Å²) < 4.78 is 0. The van der Waals surface area contributed by atoms with Gasteiger partial charge in [0, 0.05) is 30.4 Å². The highest BCUT2D eigenvalue weighted by Crippen LogP contribution is 2.23. The predicted molar refractivity (Wildman–Crippen MR) is 85.6 cm³/mol. The first-order valence-electron chi connectivity index (χ1n) is 7.33. The number of nitrogens with one attached hydrogen (secondary N) is 1. The Hall–Kier alpha value is -1.58. The molecule has 110 valence electrons. The van der Waals surface area contributed by atoms with E-state index >= 15 is 0 Å². The first-order chi connectivity index (χ1) is 10.2. The summed E-state index contributed by atoms with van der Waals surface area (Å²) in [6.45, 7) is 3.15. The second-order valence-corrected chi connectivity index (χ2v) is 6.22. The molecule has 3 nitrogen and oxygen atoms in total. The second kappa shape index (κ2) is 6.46. The number of hydrogen-bond donors (Lipinski definition) is 1. The molecule has 0 radical (unpaired) electrons. The molecular formula is C17H19ClN2O. The van der Waals surface area contributed by atoms with Gasteiger partial charge < -0.3 is 4.98 Å². The van der Waals surface area contributed by atoms with E-state index in [1.54, 1.807) is 6.07 Å². The molecule has 1 aliphatic rings. The highest BCUT2D eigenvalue weighted by atomic mass is 35.5. The lowest BCUT2D eigenvalue weighted by Crippen LogP contribution is -2.21. The summed E-state index contributed by atoms with van der Waals surface area (Å²) >= 11 is 5.92. The number of rotatable bonds is 4. The normalized spacial score (nSPS) is 19.0. The Kier molecular flexibility index (Phi) is 4.42. The van der Waals surface area contributed by atoms with Gasteiger partial charge in [-0.1, -0.05) is 29.8 Å². The molecule has 1 aromatic carbocycles. The molecule has 1 N–H and O–H groups in total. The average Bonchev–Trinajstić information content (AvgIpc) is 2.91. The maximum Gasteiger partial charge on any atom is 0.247 e. The van der Waals surface area contributed by atoms with Crippen molar-refractivity contribution < 1.29 is 0 Å². The zero-order valence-corrected chi connectivity index (χ0v) is 12.6. The summed E-state index contributed by atoms with van der Waals surface area (Å²) in [5.74, 6) is 0.703. The van der Waals surface area contributed by atoms with Gasteiger partial charge in [0.25, 0.3) is 0 Å². The number of halogens is 1. The number of aromatic nitrogens is 1. The Bertz CT molecular complexity index is 630. The minimum Gasteiger partial charge on any atom is -0.329 e. The molecule has 3 rings (SSSR count). The van der Waals surface area contributed by atoms with Crippen molar-refractivity contribution in [3.63, 3.8) is 0 Å². The van der Waals surface area contributed by atoms with E-state index in [4.69, 9.17) is 11.6 Å². The zero-order valence-electron chi connectivity index (χ0n) is 11.9. The first-order valence-corrected chi connectivity index (χ1v) is 7.71. The van der Waals surface area contributed by atoms with E-state index in [1.165, 1.54) is 17.5 Å². The van der Waals surface area contributed by atoms with E-state index in [9.17, 15) is 4.79 Å². The van der Waals surface area contributed by atoms with Crippen LogP contribution in [0.3, 0.4) is 0 Å². The van der Waals surface area contributed by atoms with Crippen LogP contribution in [0.4, 0.5) is 0 Å². The molecule has 0 saturated carbocycles. The summed E-state index contributed by atoms with van der Waals surface area (Å²) in [7, 11) is 0. The minimum absolute atomic E-state index is 0.0409. The lowest BCUT2D eigenvalue weighted by Gasteiger charge is -2.16. The smallest absolute Gasteiger partial charge is 0.247 e. The third-order valence-electron chi connectivity index (χ3n) is 4.06. The van der Waals surface area contributed by atoms with E-state index in [-0.39, 0.29) is 5.56 Å². The van der Waals surface area contributed by atoms with E-state index in [1.807, 2.05) is 24.4 Å². The summed E-state index contributed by atoms with van der Waals surface area (Å²) in [6.07, 6.45) is 4.15. The van der Waals surface area contributed by atoms with Crippen LogP contribution >= 0.6 is 11.6 Å². The van der Waals surface area contributed by atoms with Gasteiger partial charge in [0.05, 0.1) is 0 Å². The summed E-state index contributed by atoms with van der Waals surface area (Å²) in [4.78, 5) is 16.2. The molecule has 1 aromatic heterocycles. The summed E-state index contributed by atoms with van der Waals surface area (Å²) in [6, 6.07) is 11.7. The zero-order chi connectivity index (χ0) is 14.7. The summed E-state index contributed by atoms with van der Waals surface area (Å²) in [5, 5.41) is 0.796. The van der Waals surface area contributed by atoms with Crippen molar-refractivity contribution in [1.29, 1.82) is 0 Å². The van der Waals surface area contributed by atoms with Gasteiger partial charge in [-0.15, -0.1) is 0 Å². The van der Waals surface area contributed by atoms with Crippen molar-refractivity contribution >= 4 is 11.6 Å². The number of H-pyrrole nitrogens is 1. The van der Waals surface area contributed by atoms with Gasteiger partial charge in [0.1, 0.15) is 0 Å². The van der Waals surface area contributed by atoms with Crippen LogP contribution in [0.1, 0.15) is 17.5 Å². The Morgan fingerprint density at radius 2 is 1.90 bits per heavy atom. The van der Waals surface area contributed by atoms with Gasteiger partial charge in [-0.2, -0.15) is 0 Å². The van der Waals surface area contributed by atoms with Crippen molar-refractivity contribution in [3.8, 4) is 0 Å². The molecule has 1 aliphatic heterocycles. The lowest BCUT2D eigenvalue weighted by atomic mass is 9.99. The topological polar surface area (TPSA) is 36.1 Å². The van der Waals surface area contributed by atoms with E-state index in [0.717, 1.165) is 31.1 Å². The molecule has 0 bridgehead atoms. The third-order valence-corrected chi connectivity index (χ3v) is 4.31. The Labute approximate surface area is 129 Å². The fraction of sp³-hybridized carbons (Fsp3) is 0.353. The van der Waals surface area contributed by atoms with Crippen LogP contribution in [-0.2, 0) is 13.0 Å². The van der Waals surface area contributed by atoms with Crippen LogP contribution < -0.4 is 5.56 Å². The van der Waals surface area contributed by atoms with Gasteiger partial charge in [-0.3, -0.25) is 9.69 Å². The van der Waals surface area contributed by atoms with Crippen molar-refractivity contribution in [3.05, 3.63) is 69.1 Å². The fourth-order valence-corrected chi connectivity index (χ4v) is 3.10. The first kappa shape index (κ1) is 14.4. The fourth-order valence-electron chi connectivity index (χ4n) is 2.98. The quantitative estimate of drug-likeness (QED) is 0.942. The van der Waals surface area contributed by atoms with Crippen LogP contribution in [0.5, 0.6) is 0 Å². The van der Waals surface area contributed by atoms with Gasteiger partial charge in [-0.05, 0) is 48.6 Å². The Morgan fingerprint density at radius 1 is 1.14 bits per heavy atom. The number of benzene rings is 1. The molecule has 1 saturated heterocycles. The maximum atomic E-state index is 11.1. The highest BCUT2D eigenvalue weighted by molar-refractivity contribution is 6.30. The molecule has 0 spiro atoms. The van der Waals surface area contributed by atoms with Gasteiger partial charge in [-0.25, -0.2) is 0 Å². The van der Waals surface area contributed by atoms with Crippen LogP contribution in [0.15, 0.2) is 47.4 Å².